The maximum absolute atomic E-state index is 12.8. The number of rotatable bonds is 6. The van der Waals surface area contributed by atoms with E-state index in [2.05, 4.69) is 10.3 Å². The van der Waals surface area contributed by atoms with E-state index in [1.165, 1.54) is 12.0 Å². The first kappa shape index (κ1) is 23.3. The summed E-state index contributed by atoms with van der Waals surface area (Å²) in [4.78, 5) is 31.4. The van der Waals surface area contributed by atoms with Crippen molar-refractivity contribution in [1.29, 1.82) is 0 Å². The molecule has 1 heterocycles. The second kappa shape index (κ2) is 9.19. The lowest BCUT2D eigenvalue weighted by Crippen LogP contribution is -2.38. The van der Waals surface area contributed by atoms with Gasteiger partial charge < -0.3 is 15.8 Å². The van der Waals surface area contributed by atoms with Crippen LogP contribution in [0.4, 0.5) is 0 Å². The molecule has 3 N–H and O–H groups in total. The SMILES string of the molecule is COc1ccccc1C(=O)NCc1ccc(Cl)cc1-c1cccc(C2(C)N=C(N)N(C)C2=O)c1. The predicted molar refractivity (Wildman–Crippen MR) is 133 cm³/mol. The molecule has 174 valence electrons. The van der Waals surface area contributed by atoms with Gasteiger partial charge in [-0.05, 0) is 59.5 Å². The molecule has 8 heteroatoms. The molecule has 7 nitrogen and oxygen atoms in total. The minimum atomic E-state index is -1.11. The van der Waals surface area contributed by atoms with E-state index in [1.807, 2.05) is 42.5 Å². The highest BCUT2D eigenvalue weighted by atomic mass is 35.5. The largest absolute Gasteiger partial charge is 0.496 e. The van der Waals surface area contributed by atoms with Crippen LogP contribution in [0.3, 0.4) is 0 Å². The molecule has 1 atom stereocenters. The number of nitrogens with one attached hydrogen (secondary N) is 1. The maximum Gasteiger partial charge on any atom is 0.261 e. The number of benzene rings is 3. The van der Waals surface area contributed by atoms with Gasteiger partial charge >= 0.3 is 0 Å². The molecule has 3 aromatic rings. The Labute approximate surface area is 203 Å². The number of aliphatic imine (C=N–C) groups is 1. The molecule has 0 fully saturated rings. The molecule has 0 saturated heterocycles. The van der Waals surface area contributed by atoms with Crippen molar-refractivity contribution in [1.82, 2.24) is 10.2 Å². The van der Waals surface area contributed by atoms with Gasteiger partial charge in [0.2, 0.25) is 0 Å². The monoisotopic (exact) mass is 476 g/mol. The predicted octanol–water partition coefficient (Wildman–Crippen LogP) is 3.95. The van der Waals surface area contributed by atoms with Gasteiger partial charge in [0.05, 0.1) is 12.7 Å². The molecule has 4 rings (SSSR count). The fraction of sp³-hybridized carbons (Fsp3) is 0.192. The number of carbonyl (C=O) groups is 2. The van der Waals surface area contributed by atoms with E-state index in [0.29, 0.717) is 21.9 Å². The summed E-state index contributed by atoms with van der Waals surface area (Å²) in [6.45, 7) is 2.02. The Balaban J connectivity index is 1.65. The van der Waals surface area contributed by atoms with Crippen molar-refractivity contribution in [3.05, 3.63) is 88.4 Å². The topological polar surface area (TPSA) is 97.0 Å². The van der Waals surface area contributed by atoms with E-state index in [0.717, 1.165) is 16.7 Å². The Morgan fingerprint density at radius 2 is 1.91 bits per heavy atom. The van der Waals surface area contributed by atoms with Crippen LogP contribution < -0.4 is 15.8 Å². The summed E-state index contributed by atoms with van der Waals surface area (Å²) < 4.78 is 5.29. The van der Waals surface area contributed by atoms with E-state index in [4.69, 9.17) is 22.1 Å². The lowest BCUT2D eigenvalue weighted by atomic mass is 9.89. The normalized spacial score (nSPS) is 17.5. The van der Waals surface area contributed by atoms with Gasteiger partial charge in [0.15, 0.2) is 11.5 Å². The second-order valence-corrected chi connectivity index (χ2v) is 8.61. The maximum atomic E-state index is 12.8. The zero-order valence-electron chi connectivity index (χ0n) is 19.1. The summed E-state index contributed by atoms with van der Waals surface area (Å²) in [5.74, 6) is 0.241. The third kappa shape index (κ3) is 4.22. The summed E-state index contributed by atoms with van der Waals surface area (Å²) in [6, 6.07) is 20.1. The number of hydrogen-bond acceptors (Lipinski definition) is 5. The number of likely N-dealkylation sites (N-methyl/N-ethyl adjacent to an activating group) is 1. The number of methoxy groups -OCH3 is 1. The van der Waals surface area contributed by atoms with Crippen LogP contribution in [-0.2, 0) is 16.9 Å². The molecule has 0 saturated carbocycles. The van der Waals surface area contributed by atoms with E-state index in [-0.39, 0.29) is 24.3 Å². The van der Waals surface area contributed by atoms with E-state index in [9.17, 15) is 9.59 Å². The minimum Gasteiger partial charge on any atom is -0.496 e. The first-order chi connectivity index (χ1) is 16.2. The Bertz CT molecular complexity index is 1310. The molecule has 0 radical (unpaired) electrons. The Kier molecular flexibility index (Phi) is 6.30. The molecular formula is C26H25ClN4O3. The lowest BCUT2D eigenvalue weighted by Gasteiger charge is -2.21. The summed E-state index contributed by atoms with van der Waals surface area (Å²) >= 11 is 6.32. The van der Waals surface area contributed by atoms with Crippen molar-refractivity contribution in [2.24, 2.45) is 10.7 Å². The number of ether oxygens (including phenoxy) is 1. The molecule has 2 amide bonds. The molecule has 1 aliphatic rings. The fourth-order valence-corrected chi connectivity index (χ4v) is 4.21. The average molecular weight is 477 g/mol. The zero-order chi connectivity index (χ0) is 24.5. The first-order valence-corrected chi connectivity index (χ1v) is 11.1. The van der Waals surface area contributed by atoms with Gasteiger partial charge in [-0.2, -0.15) is 0 Å². The summed E-state index contributed by atoms with van der Waals surface area (Å²) in [5, 5.41) is 3.51. The van der Waals surface area contributed by atoms with Crippen LogP contribution in [0, 0.1) is 0 Å². The van der Waals surface area contributed by atoms with Crippen LogP contribution in [0.5, 0.6) is 5.75 Å². The molecule has 0 bridgehead atoms. The molecule has 0 spiro atoms. The number of para-hydroxylation sites is 1. The highest BCUT2D eigenvalue weighted by Gasteiger charge is 2.43. The quantitative estimate of drug-likeness (QED) is 0.563. The van der Waals surface area contributed by atoms with Crippen LogP contribution in [0.15, 0.2) is 71.7 Å². The summed E-state index contributed by atoms with van der Waals surface area (Å²) in [5.41, 5.74) is 8.52. The van der Waals surface area contributed by atoms with E-state index in [1.54, 1.807) is 38.2 Å². The van der Waals surface area contributed by atoms with Crippen molar-refractivity contribution in [3.63, 3.8) is 0 Å². The van der Waals surface area contributed by atoms with Gasteiger partial charge in [-0.15, -0.1) is 0 Å². The van der Waals surface area contributed by atoms with Crippen LogP contribution in [0.2, 0.25) is 5.02 Å². The molecule has 34 heavy (non-hydrogen) atoms. The second-order valence-electron chi connectivity index (χ2n) is 8.17. The van der Waals surface area contributed by atoms with Crippen LogP contribution >= 0.6 is 11.6 Å². The number of nitrogens with zero attached hydrogens (tertiary/aromatic N) is 2. The molecule has 1 unspecified atom stereocenters. The van der Waals surface area contributed by atoms with Crippen molar-refractivity contribution in [3.8, 4) is 16.9 Å². The van der Waals surface area contributed by atoms with Gasteiger partial charge in [-0.1, -0.05) is 48.0 Å². The Hall–Kier alpha value is -3.84. The van der Waals surface area contributed by atoms with E-state index < -0.39 is 5.54 Å². The third-order valence-corrected chi connectivity index (χ3v) is 6.24. The van der Waals surface area contributed by atoms with Crippen molar-refractivity contribution >= 4 is 29.4 Å². The Morgan fingerprint density at radius 1 is 1.15 bits per heavy atom. The molecule has 3 aromatic carbocycles. The van der Waals surface area contributed by atoms with Gasteiger partial charge in [0.25, 0.3) is 11.8 Å². The number of nitrogens with two attached hydrogens (primary N) is 1. The lowest BCUT2D eigenvalue weighted by molar-refractivity contribution is -0.130. The Morgan fingerprint density at radius 3 is 2.62 bits per heavy atom. The number of carbonyl (C=O) groups excluding carboxylic acids is 2. The first-order valence-electron chi connectivity index (χ1n) is 10.7. The minimum absolute atomic E-state index is 0.181. The highest BCUT2D eigenvalue weighted by molar-refractivity contribution is 6.30. The highest BCUT2D eigenvalue weighted by Crippen LogP contribution is 2.35. The number of hydrogen-bond donors (Lipinski definition) is 2. The molecule has 0 aromatic heterocycles. The summed E-state index contributed by atoms with van der Waals surface area (Å²) in [6.07, 6.45) is 0. The van der Waals surface area contributed by atoms with Crippen LogP contribution in [-0.4, -0.2) is 36.8 Å². The average Bonchev–Trinajstić information content (AvgIpc) is 3.06. The fourth-order valence-electron chi connectivity index (χ4n) is 4.03. The van der Waals surface area contributed by atoms with Gasteiger partial charge in [-0.25, -0.2) is 4.99 Å². The van der Waals surface area contributed by atoms with Crippen LogP contribution in [0.1, 0.15) is 28.4 Å². The number of amides is 2. The van der Waals surface area contributed by atoms with Crippen LogP contribution in [0.25, 0.3) is 11.1 Å². The molecule has 1 aliphatic heterocycles. The van der Waals surface area contributed by atoms with Crippen molar-refractivity contribution in [2.75, 3.05) is 14.2 Å². The zero-order valence-corrected chi connectivity index (χ0v) is 19.9. The molecule has 0 aliphatic carbocycles. The van der Waals surface area contributed by atoms with Gasteiger partial charge in [0, 0.05) is 18.6 Å². The third-order valence-electron chi connectivity index (χ3n) is 6.00. The van der Waals surface area contributed by atoms with Gasteiger partial charge in [0.1, 0.15) is 5.75 Å². The summed E-state index contributed by atoms with van der Waals surface area (Å²) in [7, 11) is 3.14. The standard InChI is InChI=1S/C26H25ClN4O3/c1-26(24(33)31(2)25(28)30-26)18-8-6-7-16(13-18)21-14-19(27)12-11-17(21)15-29-23(32)20-9-4-5-10-22(20)34-3/h4-14H,15H2,1-3H3,(H2,28,30)(H,29,32). The van der Waals surface area contributed by atoms with Crippen molar-refractivity contribution in [2.45, 2.75) is 19.0 Å². The molecular weight excluding hydrogens is 452 g/mol. The van der Waals surface area contributed by atoms with Gasteiger partial charge in [-0.3, -0.25) is 14.5 Å². The van der Waals surface area contributed by atoms with Crippen molar-refractivity contribution < 1.29 is 14.3 Å². The van der Waals surface area contributed by atoms with E-state index >= 15 is 0 Å². The smallest absolute Gasteiger partial charge is 0.261 e. The number of guanidine groups is 1. The number of halogens is 1.